The second kappa shape index (κ2) is 16.3. The number of aromatic hydroxyl groups is 1. The van der Waals surface area contributed by atoms with Gasteiger partial charge in [-0.2, -0.15) is 0 Å². The number of aromatic carboxylic acids is 1. The highest BCUT2D eigenvalue weighted by molar-refractivity contribution is 6.04. The molecule has 0 unspecified atom stereocenters. The number of amides is 2. The number of ether oxygens (including phenoxy) is 1. The van der Waals surface area contributed by atoms with E-state index < -0.39 is 5.97 Å². The minimum Gasteiger partial charge on any atom is -0.508 e. The van der Waals surface area contributed by atoms with Gasteiger partial charge in [0.15, 0.2) is 5.43 Å². The van der Waals surface area contributed by atoms with E-state index in [9.17, 15) is 29.4 Å². The molecule has 5 aromatic rings. The number of phenols is 1. The number of nitrogens with zero attached hydrogens (tertiary/aromatic N) is 1. The molecule has 1 aliphatic carbocycles. The van der Waals surface area contributed by atoms with Gasteiger partial charge in [0.1, 0.15) is 28.6 Å². The average molecular weight is 800 g/mol. The Morgan fingerprint density at radius 2 is 1.40 bits per heavy atom. The van der Waals surface area contributed by atoms with Crippen molar-refractivity contribution in [3.05, 3.63) is 164 Å². The second-order valence-electron chi connectivity index (χ2n) is 14.9. The van der Waals surface area contributed by atoms with Crippen LogP contribution in [-0.4, -0.2) is 55.2 Å². The molecule has 5 aromatic carbocycles. The molecular weight excluding hydrogens is 759 g/mol. The van der Waals surface area contributed by atoms with Crippen molar-refractivity contribution in [3.8, 4) is 39.7 Å². The van der Waals surface area contributed by atoms with Crippen LogP contribution in [0.4, 0.5) is 5.69 Å². The fourth-order valence-electron chi connectivity index (χ4n) is 7.57. The zero-order valence-corrected chi connectivity index (χ0v) is 33.0. The molecule has 2 heterocycles. The highest BCUT2D eigenvalue weighted by Crippen LogP contribution is 2.41. The summed E-state index contributed by atoms with van der Waals surface area (Å²) in [5.41, 5.74) is 6.16. The van der Waals surface area contributed by atoms with Gasteiger partial charge in [-0.15, -0.1) is 0 Å². The molecule has 11 heteroatoms. The Labute approximate surface area is 344 Å². The Morgan fingerprint density at radius 3 is 2.13 bits per heavy atom. The fourth-order valence-corrected chi connectivity index (χ4v) is 7.57. The molecule has 2 aliphatic heterocycles. The smallest absolute Gasteiger partial charge is 0.336 e. The van der Waals surface area contributed by atoms with Crippen LogP contribution in [0.25, 0.3) is 45.6 Å². The standard InChI is InChI=1S/C49H41N3O8/c1-28-7-16-38-41(23-28)59-42-25-32(52(2)3)13-18-39(42)46(38)35-17-12-31(24-40(35)49(57)58)48(56)51-22-6-4-5-21-50-47(55)30-10-8-29(9-11-30)45-36-19-14-33(53)26-43(36)60-44-27-34(54)15-20-37(44)45/h7-20,23-27,53H,1,4-6,21-22H2,2-3H3,(H,50,55)(H,51,56)(H,57,58). The first kappa shape index (κ1) is 39.2. The van der Waals surface area contributed by atoms with E-state index in [1.807, 2.05) is 67.5 Å². The monoisotopic (exact) mass is 799 g/mol. The van der Waals surface area contributed by atoms with E-state index >= 15 is 0 Å². The van der Waals surface area contributed by atoms with Gasteiger partial charge in [-0.25, -0.2) is 4.79 Å². The molecule has 300 valence electrons. The Morgan fingerprint density at radius 1 is 0.700 bits per heavy atom. The van der Waals surface area contributed by atoms with Crippen LogP contribution in [0.2, 0.25) is 0 Å². The number of hydrogen-bond donors (Lipinski definition) is 4. The zero-order valence-electron chi connectivity index (χ0n) is 33.0. The van der Waals surface area contributed by atoms with Gasteiger partial charge in [-0.05, 0) is 102 Å². The number of unbranched alkanes of at least 4 members (excludes halogenated alkanes) is 2. The first-order chi connectivity index (χ1) is 28.9. The maximum atomic E-state index is 13.2. The van der Waals surface area contributed by atoms with Gasteiger partial charge in [-0.3, -0.25) is 14.4 Å². The number of rotatable bonds is 12. The van der Waals surface area contributed by atoms with Crippen molar-refractivity contribution in [3.63, 3.8) is 0 Å². The summed E-state index contributed by atoms with van der Waals surface area (Å²) in [7, 11) is 3.86. The molecule has 0 atom stereocenters. The molecule has 8 rings (SSSR count). The number of hydrogen-bond acceptors (Lipinski definition) is 8. The van der Waals surface area contributed by atoms with Crippen LogP contribution in [0.15, 0.2) is 124 Å². The van der Waals surface area contributed by atoms with Crippen LogP contribution >= 0.6 is 0 Å². The third-order valence-electron chi connectivity index (χ3n) is 10.6. The van der Waals surface area contributed by atoms with E-state index in [0.29, 0.717) is 65.5 Å². The molecule has 60 heavy (non-hydrogen) atoms. The van der Waals surface area contributed by atoms with Gasteiger partial charge >= 0.3 is 5.97 Å². The molecule has 0 spiro atoms. The number of carboxylic acids is 1. The predicted octanol–water partition coefficient (Wildman–Crippen LogP) is 7.13. The van der Waals surface area contributed by atoms with E-state index in [-0.39, 0.29) is 34.1 Å². The Balaban J connectivity index is 0.877. The lowest BCUT2D eigenvalue weighted by Crippen LogP contribution is -2.26. The van der Waals surface area contributed by atoms with Crippen molar-refractivity contribution in [1.29, 1.82) is 0 Å². The number of nitrogens with one attached hydrogen (secondary N) is 2. The lowest BCUT2D eigenvalue weighted by molar-refractivity contribution is 0.0696. The fraction of sp³-hybridized carbons (Fsp3) is 0.143. The number of phenolic OH excluding ortho intramolecular Hbond substituents is 1. The average Bonchev–Trinajstić information content (AvgIpc) is 3.23. The summed E-state index contributed by atoms with van der Waals surface area (Å²) >= 11 is 0. The first-order valence-electron chi connectivity index (χ1n) is 19.5. The van der Waals surface area contributed by atoms with Gasteiger partial charge in [0.25, 0.3) is 11.8 Å². The summed E-state index contributed by atoms with van der Waals surface area (Å²) in [6.45, 7) is 4.85. The molecule has 4 N–H and O–H groups in total. The van der Waals surface area contributed by atoms with E-state index in [0.717, 1.165) is 50.2 Å². The lowest BCUT2D eigenvalue weighted by atomic mass is 9.88. The number of benzene rings is 6. The van der Waals surface area contributed by atoms with Crippen molar-refractivity contribution >= 4 is 46.6 Å². The highest BCUT2D eigenvalue weighted by atomic mass is 16.5. The third kappa shape index (κ3) is 7.80. The van der Waals surface area contributed by atoms with E-state index in [2.05, 4.69) is 17.2 Å². The van der Waals surface area contributed by atoms with Gasteiger partial charge in [0.2, 0.25) is 0 Å². The molecule has 0 bridgehead atoms. The van der Waals surface area contributed by atoms with E-state index in [1.54, 1.807) is 42.5 Å². The molecule has 11 nitrogen and oxygen atoms in total. The number of carbonyl (C=O) groups is 3. The van der Waals surface area contributed by atoms with Crippen LogP contribution in [0.3, 0.4) is 0 Å². The van der Waals surface area contributed by atoms with Crippen LogP contribution in [0.1, 0.15) is 61.5 Å². The first-order valence-corrected chi connectivity index (χ1v) is 19.5. The quantitative estimate of drug-likeness (QED) is 0.0746. The molecule has 3 aliphatic rings. The third-order valence-corrected chi connectivity index (χ3v) is 10.6. The minimum atomic E-state index is -1.16. The molecule has 0 aromatic heterocycles. The summed E-state index contributed by atoms with van der Waals surface area (Å²) in [4.78, 5) is 52.9. The number of carbonyl (C=O) groups excluding carboxylic acids is 2. The molecular formula is C49H41N3O8. The topological polar surface area (TPSA) is 158 Å². The Kier molecular flexibility index (Phi) is 10.6. The Bertz CT molecular complexity index is 2990. The van der Waals surface area contributed by atoms with Crippen LogP contribution in [0.5, 0.6) is 17.2 Å². The van der Waals surface area contributed by atoms with Crippen LogP contribution in [0, 0.1) is 0 Å². The van der Waals surface area contributed by atoms with Gasteiger partial charge in [-0.1, -0.05) is 36.9 Å². The van der Waals surface area contributed by atoms with Gasteiger partial charge < -0.3 is 34.9 Å². The van der Waals surface area contributed by atoms with Crippen molar-refractivity contribution < 1.29 is 33.8 Å². The van der Waals surface area contributed by atoms with E-state index in [1.165, 1.54) is 24.3 Å². The predicted molar refractivity (Wildman–Crippen MR) is 232 cm³/mol. The summed E-state index contributed by atoms with van der Waals surface area (Å²) in [5, 5.41) is 28.5. The maximum Gasteiger partial charge on any atom is 0.336 e. The minimum absolute atomic E-state index is 0.00437. The maximum absolute atomic E-state index is 13.2. The molecule has 0 fully saturated rings. The molecule has 2 amide bonds. The SMILES string of the molecule is C=c1ccc2c(c1)Oc1cc(N(C)C)ccc1C=2c1ccc(C(=O)NCCCCCNC(=O)c2ccc(-c3c4ccc(=O)cc-4oc4cc(O)ccc34)cc2)cc1C(=O)O. The summed E-state index contributed by atoms with van der Waals surface area (Å²) in [6, 6.07) is 32.7. The van der Waals surface area contributed by atoms with Crippen LogP contribution in [-0.2, 0) is 0 Å². The highest BCUT2D eigenvalue weighted by Gasteiger charge is 2.25. The van der Waals surface area contributed by atoms with Crippen molar-refractivity contribution in [2.24, 2.45) is 0 Å². The number of anilines is 1. The normalized spacial score (nSPS) is 11.7. The molecule has 0 saturated carbocycles. The van der Waals surface area contributed by atoms with Crippen molar-refractivity contribution in [2.45, 2.75) is 19.3 Å². The van der Waals surface area contributed by atoms with Crippen molar-refractivity contribution in [2.75, 3.05) is 32.1 Å². The lowest BCUT2D eigenvalue weighted by Gasteiger charge is -2.24. The summed E-state index contributed by atoms with van der Waals surface area (Å²) in [6.07, 6.45) is 2.09. The van der Waals surface area contributed by atoms with Gasteiger partial charge in [0.05, 0.1) is 5.56 Å². The Hall–Kier alpha value is -7.66. The molecule has 0 saturated heterocycles. The van der Waals surface area contributed by atoms with E-state index in [4.69, 9.17) is 9.15 Å². The zero-order chi connectivity index (χ0) is 42.1. The van der Waals surface area contributed by atoms with Crippen molar-refractivity contribution in [1.82, 2.24) is 10.6 Å². The largest absolute Gasteiger partial charge is 0.508 e. The summed E-state index contributed by atoms with van der Waals surface area (Å²) < 4.78 is 12.2. The van der Waals surface area contributed by atoms with Gasteiger partial charge in [0, 0.05) is 95.1 Å². The van der Waals surface area contributed by atoms with Crippen LogP contribution < -0.4 is 36.1 Å². The number of carboxylic acid groups (broad SMARTS) is 1. The molecule has 0 radical (unpaired) electrons. The second-order valence-corrected chi connectivity index (χ2v) is 14.9. The number of fused-ring (bicyclic) bond motifs is 4. The summed E-state index contributed by atoms with van der Waals surface area (Å²) in [5.74, 6) is -0.153.